The van der Waals surface area contributed by atoms with Gasteiger partial charge in [0, 0.05) is 25.8 Å². The van der Waals surface area contributed by atoms with E-state index in [4.69, 9.17) is 16.3 Å². The van der Waals surface area contributed by atoms with E-state index in [-0.39, 0.29) is 28.3 Å². The van der Waals surface area contributed by atoms with E-state index in [9.17, 15) is 13.9 Å². The largest absolute Gasteiger partial charge is 0.390 e. The van der Waals surface area contributed by atoms with Crippen molar-refractivity contribution in [1.29, 1.82) is 0 Å². The number of nitrogens with one attached hydrogen (secondary N) is 1. The lowest BCUT2D eigenvalue weighted by Gasteiger charge is -2.39. The quantitative estimate of drug-likeness (QED) is 0.572. The van der Waals surface area contributed by atoms with Gasteiger partial charge in [-0.1, -0.05) is 17.5 Å². The molecular formula is C22H20ClF2N5O2. The molecule has 2 N–H and O–H groups in total. The zero-order valence-corrected chi connectivity index (χ0v) is 17.8. The smallest absolute Gasteiger partial charge is 0.177 e. The molecule has 2 fully saturated rings. The lowest BCUT2D eigenvalue weighted by atomic mass is 9.78. The van der Waals surface area contributed by atoms with Gasteiger partial charge in [-0.3, -0.25) is 5.10 Å². The lowest BCUT2D eigenvalue weighted by Crippen LogP contribution is -2.41. The summed E-state index contributed by atoms with van der Waals surface area (Å²) in [6.07, 6.45) is 3.09. The molecule has 32 heavy (non-hydrogen) atoms. The fraction of sp³-hybridized carbons (Fsp3) is 0.409. The average Bonchev–Trinajstić information content (AvgIpc) is 3.39. The maximum absolute atomic E-state index is 14.0. The van der Waals surface area contributed by atoms with Crippen molar-refractivity contribution in [3.8, 4) is 11.8 Å². The third kappa shape index (κ3) is 3.79. The predicted molar refractivity (Wildman–Crippen MR) is 114 cm³/mol. The number of ether oxygens (including phenoxy) is 1. The van der Waals surface area contributed by atoms with E-state index in [0.717, 1.165) is 57.7 Å². The Hall–Kier alpha value is -2.80. The van der Waals surface area contributed by atoms with Gasteiger partial charge in [0.15, 0.2) is 17.2 Å². The maximum Gasteiger partial charge on any atom is 0.177 e. The maximum atomic E-state index is 14.0. The van der Waals surface area contributed by atoms with Gasteiger partial charge in [0.2, 0.25) is 0 Å². The van der Waals surface area contributed by atoms with E-state index < -0.39 is 11.6 Å². The Labute approximate surface area is 187 Å². The highest BCUT2D eigenvalue weighted by Gasteiger charge is 2.38. The number of piperidine rings is 1. The van der Waals surface area contributed by atoms with Crippen LogP contribution in [0, 0.1) is 28.9 Å². The molecule has 7 nitrogen and oxygen atoms in total. The number of nitrogens with zero attached hydrogens (tertiary/aromatic N) is 4. The first-order valence-corrected chi connectivity index (χ1v) is 10.7. The average molecular weight is 460 g/mol. The molecular weight excluding hydrogens is 440 g/mol. The van der Waals surface area contributed by atoms with Crippen molar-refractivity contribution in [2.45, 2.75) is 25.9 Å². The number of benzene rings is 1. The van der Waals surface area contributed by atoms with E-state index in [1.165, 1.54) is 0 Å². The summed E-state index contributed by atoms with van der Waals surface area (Å²) < 4.78 is 32.9. The van der Waals surface area contributed by atoms with Crippen LogP contribution in [-0.4, -0.2) is 51.6 Å². The molecule has 0 radical (unpaired) electrons. The summed E-state index contributed by atoms with van der Waals surface area (Å²) in [6.45, 7) is 2.94. The number of aliphatic hydroxyl groups excluding tert-OH is 1. The number of aliphatic hydroxyl groups is 1. The molecule has 0 aliphatic carbocycles. The molecule has 0 atom stereocenters. The SMILES string of the molecule is OCc1nc2c(C#Cc3c(F)cc(F)cc3Cl)n[nH]c2nc1N1CCC2(CCOC2)CC1. The summed E-state index contributed by atoms with van der Waals surface area (Å²) in [4.78, 5) is 11.3. The number of halogens is 3. The van der Waals surface area contributed by atoms with Crippen LogP contribution in [0.5, 0.6) is 0 Å². The topological polar surface area (TPSA) is 87.2 Å². The Morgan fingerprint density at radius 2 is 2.00 bits per heavy atom. The highest BCUT2D eigenvalue weighted by molar-refractivity contribution is 6.31. The second-order valence-corrected chi connectivity index (χ2v) is 8.61. The van der Waals surface area contributed by atoms with E-state index in [1.54, 1.807) is 0 Å². The van der Waals surface area contributed by atoms with Crippen molar-refractivity contribution in [1.82, 2.24) is 20.2 Å². The molecule has 0 unspecified atom stereocenters. The molecule has 2 aromatic heterocycles. The molecule has 0 saturated carbocycles. The van der Waals surface area contributed by atoms with Gasteiger partial charge < -0.3 is 14.7 Å². The molecule has 2 aliphatic heterocycles. The van der Waals surface area contributed by atoms with Crippen molar-refractivity contribution < 1.29 is 18.6 Å². The van der Waals surface area contributed by atoms with Gasteiger partial charge in [-0.2, -0.15) is 5.10 Å². The fourth-order valence-corrected chi connectivity index (χ4v) is 4.57. The number of aromatic amines is 1. The minimum Gasteiger partial charge on any atom is -0.390 e. The lowest BCUT2D eigenvalue weighted by molar-refractivity contribution is 0.133. The van der Waals surface area contributed by atoms with Gasteiger partial charge in [0.1, 0.15) is 22.8 Å². The molecule has 1 aromatic carbocycles. The van der Waals surface area contributed by atoms with Gasteiger partial charge in [0.05, 0.1) is 23.8 Å². The van der Waals surface area contributed by atoms with Crippen molar-refractivity contribution in [3.63, 3.8) is 0 Å². The Morgan fingerprint density at radius 3 is 2.69 bits per heavy atom. The first-order valence-electron chi connectivity index (χ1n) is 10.3. The van der Waals surface area contributed by atoms with Crippen molar-refractivity contribution in [2.24, 2.45) is 5.41 Å². The Balaban J connectivity index is 1.45. The fourth-order valence-electron chi connectivity index (χ4n) is 4.33. The van der Waals surface area contributed by atoms with Gasteiger partial charge in [-0.25, -0.2) is 18.7 Å². The van der Waals surface area contributed by atoms with Crippen LogP contribution in [0.15, 0.2) is 12.1 Å². The zero-order valence-electron chi connectivity index (χ0n) is 17.1. The Bertz CT molecular complexity index is 1210. The van der Waals surface area contributed by atoms with Crippen LogP contribution in [0.2, 0.25) is 5.02 Å². The monoisotopic (exact) mass is 459 g/mol. The Kier molecular flexibility index (Phi) is 5.45. The van der Waals surface area contributed by atoms with E-state index >= 15 is 0 Å². The zero-order chi connectivity index (χ0) is 22.3. The molecule has 3 aromatic rings. The molecule has 2 saturated heterocycles. The number of hydrogen-bond donors (Lipinski definition) is 2. The van der Waals surface area contributed by atoms with E-state index in [2.05, 4.69) is 36.9 Å². The molecule has 2 aliphatic rings. The van der Waals surface area contributed by atoms with Crippen molar-refractivity contribution >= 4 is 28.6 Å². The number of rotatable bonds is 2. The number of H-pyrrole nitrogens is 1. The third-order valence-electron chi connectivity index (χ3n) is 6.22. The van der Waals surface area contributed by atoms with Crippen LogP contribution in [0.25, 0.3) is 11.2 Å². The second kappa shape index (κ2) is 8.28. The van der Waals surface area contributed by atoms with Crippen LogP contribution in [0.4, 0.5) is 14.6 Å². The van der Waals surface area contributed by atoms with E-state index in [1.807, 2.05) is 0 Å². The highest BCUT2D eigenvalue weighted by Crippen LogP contribution is 2.40. The van der Waals surface area contributed by atoms with Crippen LogP contribution in [0.1, 0.15) is 36.2 Å². The summed E-state index contributed by atoms with van der Waals surface area (Å²) in [5.74, 6) is 4.28. The standard InChI is InChI=1S/C22H20ClF2N5O2/c23-15-9-13(24)10-16(25)14(15)1-2-17-19-20(29-28-17)27-21(18(11-31)26-19)30-6-3-22(4-7-30)5-8-32-12-22/h9-10,31H,3-8,11-12H2,(H,27,28,29). The third-order valence-corrected chi connectivity index (χ3v) is 6.51. The number of anilines is 1. The van der Waals surface area contributed by atoms with Gasteiger partial charge in [0.25, 0.3) is 0 Å². The minimum absolute atomic E-state index is 0.130. The summed E-state index contributed by atoms with van der Waals surface area (Å²) in [6, 6.07) is 1.71. The molecule has 5 rings (SSSR count). The van der Waals surface area contributed by atoms with Crippen LogP contribution in [-0.2, 0) is 11.3 Å². The summed E-state index contributed by atoms with van der Waals surface area (Å²) >= 11 is 5.91. The number of fused-ring (bicyclic) bond motifs is 1. The first-order chi connectivity index (χ1) is 15.5. The van der Waals surface area contributed by atoms with Gasteiger partial charge in [-0.15, -0.1) is 0 Å². The second-order valence-electron chi connectivity index (χ2n) is 8.21. The van der Waals surface area contributed by atoms with Crippen molar-refractivity contribution in [2.75, 3.05) is 31.2 Å². The molecule has 0 amide bonds. The molecule has 166 valence electrons. The summed E-state index contributed by atoms with van der Waals surface area (Å²) in [7, 11) is 0. The van der Waals surface area contributed by atoms with Gasteiger partial charge in [-0.05, 0) is 36.7 Å². The van der Waals surface area contributed by atoms with Crippen LogP contribution in [0.3, 0.4) is 0 Å². The normalized spacial score (nSPS) is 17.7. The highest BCUT2D eigenvalue weighted by atomic mass is 35.5. The van der Waals surface area contributed by atoms with Crippen LogP contribution < -0.4 is 4.90 Å². The van der Waals surface area contributed by atoms with E-state index in [0.29, 0.717) is 22.7 Å². The summed E-state index contributed by atoms with van der Waals surface area (Å²) in [5.41, 5.74) is 1.55. The predicted octanol–water partition coefficient (Wildman–Crippen LogP) is 3.18. The first kappa shape index (κ1) is 21.1. The minimum atomic E-state index is -0.859. The molecule has 0 bridgehead atoms. The van der Waals surface area contributed by atoms with Crippen molar-refractivity contribution in [3.05, 3.63) is 45.7 Å². The Morgan fingerprint density at radius 1 is 1.19 bits per heavy atom. The molecule has 1 spiro atoms. The molecule has 10 heteroatoms. The number of hydrogen-bond acceptors (Lipinski definition) is 6. The summed E-state index contributed by atoms with van der Waals surface area (Å²) in [5, 5.41) is 16.7. The molecule has 4 heterocycles. The number of aromatic nitrogens is 4. The van der Waals surface area contributed by atoms with Crippen LogP contribution >= 0.6 is 11.6 Å². The van der Waals surface area contributed by atoms with Gasteiger partial charge >= 0.3 is 0 Å².